The Balaban J connectivity index is 1.09. The third-order valence-electron chi connectivity index (χ3n) is 12.3. The Labute approximate surface area is 333 Å². The monoisotopic (exact) mass is 738 g/mol. The van der Waals surface area contributed by atoms with Gasteiger partial charge >= 0.3 is 0 Å². The predicted octanol–water partition coefficient (Wildman–Crippen LogP) is 14.1. The first kappa shape index (κ1) is 31.4. The maximum absolute atomic E-state index is 2.46. The standard InChI is InChI=1S/C54H34N4/c1-2-15-35(16-3-1)55-45-22-9-4-19-40(45)42-32-30-37(34-52(42)55)57-46-23-10-5-20-41(46)43-31-29-36(33-53(43)57)56-49-26-13-8-21-44(49)54-50(56)27-14-28-51(54)58-47-24-11-6-17-38(47)39-18-7-12-25-48(39)58/h1-34H. The third kappa shape index (κ3) is 4.23. The second kappa shape index (κ2) is 11.8. The largest absolute Gasteiger partial charge is 0.309 e. The van der Waals surface area contributed by atoms with Crippen LogP contribution < -0.4 is 0 Å². The first-order valence-corrected chi connectivity index (χ1v) is 20.0. The number of hydrogen-bond acceptors (Lipinski definition) is 0. The van der Waals surface area contributed by atoms with Gasteiger partial charge in [0.15, 0.2) is 0 Å². The Kier molecular flexibility index (Phi) is 6.41. The highest BCUT2D eigenvalue weighted by molar-refractivity contribution is 6.17. The van der Waals surface area contributed by atoms with Crippen molar-refractivity contribution in [3.8, 4) is 22.7 Å². The Hall–Kier alpha value is -7.82. The van der Waals surface area contributed by atoms with Crippen molar-refractivity contribution in [2.24, 2.45) is 0 Å². The molecule has 0 N–H and O–H groups in total. The van der Waals surface area contributed by atoms with Crippen LogP contribution in [0, 0.1) is 0 Å². The normalized spacial score (nSPS) is 12.1. The summed E-state index contributed by atoms with van der Waals surface area (Å²) in [6.45, 7) is 0. The minimum absolute atomic E-state index is 1.13. The molecule has 4 heterocycles. The summed E-state index contributed by atoms with van der Waals surface area (Å²) in [7, 11) is 0. The van der Waals surface area contributed by atoms with E-state index < -0.39 is 0 Å². The fraction of sp³-hybridized carbons (Fsp3) is 0. The summed E-state index contributed by atoms with van der Waals surface area (Å²) in [5, 5.41) is 9.97. The fourth-order valence-electron chi connectivity index (χ4n) is 9.98. The molecule has 0 amide bonds. The summed E-state index contributed by atoms with van der Waals surface area (Å²) >= 11 is 0. The molecular weight excluding hydrogens is 705 g/mol. The third-order valence-corrected chi connectivity index (χ3v) is 12.3. The van der Waals surface area contributed by atoms with Crippen molar-refractivity contribution in [2.45, 2.75) is 0 Å². The van der Waals surface area contributed by atoms with Crippen molar-refractivity contribution in [2.75, 3.05) is 0 Å². The molecule has 13 aromatic rings. The lowest BCUT2D eigenvalue weighted by atomic mass is 10.1. The highest BCUT2D eigenvalue weighted by Gasteiger charge is 2.21. The van der Waals surface area contributed by atoms with Crippen LogP contribution in [0.15, 0.2) is 206 Å². The van der Waals surface area contributed by atoms with Crippen LogP contribution in [0.5, 0.6) is 0 Å². The van der Waals surface area contributed by atoms with Gasteiger partial charge in [-0.1, -0.05) is 127 Å². The lowest BCUT2D eigenvalue weighted by Crippen LogP contribution is -1.98. The van der Waals surface area contributed by atoms with Gasteiger partial charge in [0.1, 0.15) is 0 Å². The SMILES string of the molecule is c1ccc(-n2c3ccccc3c3ccc(-n4c5ccccc5c5ccc(-n6c7ccccc7c7c(-n8c9ccccc9c9ccccc98)cccc76)cc54)cc32)cc1. The number of aromatic nitrogens is 4. The molecule has 58 heavy (non-hydrogen) atoms. The van der Waals surface area contributed by atoms with E-state index >= 15 is 0 Å². The second-order valence-electron chi connectivity index (χ2n) is 15.3. The molecule has 0 saturated carbocycles. The van der Waals surface area contributed by atoms with Gasteiger partial charge in [0.05, 0.1) is 49.8 Å². The quantitative estimate of drug-likeness (QED) is 0.171. The van der Waals surface area contributed by atoms with E-state index in [1.54, 1.807) is 0 Å². The zero-order chi connectivity index (χ0) is 37.9. The molecule has 0 saturated heterocycles. The van der Waals surface area contributed by atoms with Crippen molar-refractivity contribution < 1.29 is 0 Å². The molecule has 0 spiro atoms. The molecule has 270 valence electrons. The van der Waals surface area contributed by atoms with Crippen LogP contribution in [0.1, 0.15) is 0 Å². The molecule has 0 aliphatic heterocycles. The maximum Gasteiger partial charge on any atom is 0.0562 e. The van der Waals surface area contributed by atoms with E-state index in [0.29, 0.717) is 0 Å². The summed E-state index contributed by atoms with van der Waals surface area (Å²) in [5.41, 5.74) is 14.1. The minimum atomic E-state index is 1.13. The Morgan fingerprint density at radius 1 is 0.207 bits per heavy atom. The molecule has 4 heteroatoms. The van der Waals surface area contributed by atoms with Gasteiger partial charge in [-0.15, -0.1) is 0 Å². The summed E-state index contributed by atoms with van der Waals surface area (Å²) in [6.07, 6.45) is 0. The Morgan fingerprint density at radius 2 is 0.569 bits per heavy atom. The molecule has 9 aromatic carbocycles. The van der Waals surface area contributed by atoms with Crippen LogP contribution >= 0.6 is 0 Å². The average molecular weight is 739 g/mol. The van der Waals surface area contributed by atoms with Crippen LogP contribution in [0.2, 0.25) is 0 Å². The van der Waals surface area contributed by atoms with Crippen molar-refractivity contribution >= 4 is 87.2 Å². The van der Waals surface area contributed by atoms with Gasteiger partial charge in [-0.3, -0.25) is 0 Å². The number of nitrogens with zero attached hydrogens (tertiary/aromatic N) is 4. The van der Waals surface area contributed by atoms with Crippen LogP contribution in [-0.4, -0.2) is 18.3 Å². The molecule has 4 nitrogen and oxygen atoms in total. The maximum atomic E-state index is 2.46. The number of fused-ring (bicyclic) bond motifs is 12. The summed E-state index contributed by atoms with van der Waals surface area (Å²) in [5.74, 6) is 0. The van der Waals surface area contributed by atoms with E-state index in [-0.39, 0.29) is 0 Å². The van der Waals surface area contributed by atoms with Gasteiger partial charge in [-0.05, 0) is 78.9 Å². The zero-order valence-corrected chi connectivity index (χ0v) is 31.4. The van der Waals surface area contributed by atoms with Gasteiger partial charge in [0.25, 0.3) is 0 Å². The van der Waals surface area contributed by atoms with Gasteiger partial charge in [-0.2, -0.15) is 0 Å². The van der Waals surface area contributed by atoms with E-state index in [1.807, 2.05) is 0 Å². The first-order chi connectivity index (χ1) is 28.8. The second-order valence-corrected chi connectivity index (χ2v) is 15.3. The summed E-state index contributed by atoms with van der Waals surface area (Å²) < 4.78 is 9.77. The van der Waals surface area contributed by atoms with Crippen molar-refractivity contribution in [1.82, 2.24) is 18.3 Å². The molecule has 0 radical (unpaired) electrons. The summed E-state index contributed by atoms with van der Waals surface area (Å²) in [6, 6.07) is 75.5. The van der Waals surface area contributed by atoms with E-state index in [0.717, 1.165) is 17.1 Å². The molecule has 0 fully saturated rings. The molecule has 0 aliphatic rings. The van der Waals surface area contributed by atoms with Crippen LogP contribution in [0.25, 0.3) is 110 Å². The molecule has 0 bridgehead atoms. The van der Waals surface area contributed by atoms with Crippen LogP contribution in [-0.2, 0) is 0 Å². The van der Waals surface area contributed by atoms with Gasteiger partial charge in [-0.25, -0.2) is 0 Å². The van der Waals surface area contributed by atoms with Gasteiger partial charge in [0.2, 0.25) is 0 Å². The highest BCUT2D eigenvalue weighted by Crippen LogP contribution is 2.42. The van der Waals surface area contributed by atoms with Crippen LogP contribution in [0.3, 0.4) is 0 Å². The number of rotatable bonds is 4. The topological polar surface area (TPSA) is 19.7 Å². The first-order valence-electron chi connectivity index (χ1n) is 20.0. The van der Waals surface area contributed by atoms with Crippen molar-refractivity contribution in [1.29, 1.82) is 0 Å². The average Bonchev–Trinajstić information content (AvgIpc) is 4.01. The minimum Gasteiger partial charge on any atom is -0.309 e. The van der Waals surface area contributed by atoms with Gasteiger partial charge in [0, 0.05) is 60.2 Å². The zero-order valence-electron chi connectivity index (χ0n) is 31.4. The lowest BCUT2D eigenvalue weighted by molar-refractivity contribution is 1.14. The Bertz CT molecular complexity index is 3740. The molecule has 0 atom stereocenters. The van der Waals surface area contributed by atoms with Crippen molar-refractivity contribution in [3.63, 3.8) is 0 Å². The smallest absolute Gasteiger partial charge is 0.0562 e. The molecule has 13 rings (SSSR count). The van der Waals surface area contributed by atoms with Crippen LogP contribution in [0.4, 0.5) is 0 Å². The number of benzene rings is 9. The van der Waals surface area contributed by atoms with E-state index in [2.05, 4.69) is 225 Å². The van der Waals surface area contributed by atoms with E-state index in [1.165, 1.54) is 92.9 Å². The summed E-state index contributed by atoms with van der Waals surface area (Å²) in [4.78, 5) is 0. The Morgan fingerprint density at radius 3 is 1.09 bits per heavy atom. The molecule has 0 aliphatic carbocycles. The number of hydrogen-bond donors (Lipinski definition) is 0. The molecular formula is C54H34N4. The fourth-order valence-corrected chi connectivity index (χ4v) is 9.98. The lowest BCUT2D eigenvalue weighted by Gasteiger charge is -2.13. The molecule has 0 unspecified atom stereocenters. The van der Waals surface area contributed by atoms with Crippen molar-refractivity contribution in [3.05, 3.63) is 206 Å². The molecule has 4 aromatic heterocycles. The van der Waals surface area contributed by atoms with E-state index in [4.69, 9.17) is 0 Å². The highest BCUT2D eigenvalue weighted by atomic mass is 15.0. The predicted molar refractivity (Wildman–Crippen MR) is 244 cm³/mol. The van der Waals surface area contributed by atoms with Gasteiger partial charge < -0.3 is 18.3 Å². The number of para-hydroxylation sites is 6. The van der Waals surface area contributed by atoms with E-state index in [9.17, 15) is 0 Å².